The van der Waals surface area contributed by atoms with Crippen LogP contribution in [0.1, 0.15) is 0 Å². The third-order valence-electron chi connectivity index (χ3n) is 3.18. The van der Waals surface area contributed by atoms with Crippen LogP contribution in [0.15, 0.2) is 27.6 Å². The summed E-state index contributed by atoms with van der Waals surface area (Å²) in [6.45, 7) is 3.56. The average molecular weight is 344 g/mol. The predicted octanol–water partition coefficient (Wildman–Crippen LogP) is 1.90. The standard InChI is InChI=1S/C13H18BrN3OS/c1-16-4-6-17(7-5-16)13(18)9-19-12-3-2-10(14)8-11(12)15/h2-3,8H,4-7,9,15H2,1H3. The summed E-state index contributed by atoms with van der Waals surface area (Å²) in [7, 11) is 2.08. The number of nitrogens with zero attached hydrogens (tertiary/aromatic N) is 2. The Balaban J connectivity index is 1.86. The molecule has 0 bridgehead atoms. The van der Waals surface area contributed by atoms with Gasteiger partial charge in [0.2, 0.25) is 5.91 Å². The molecule has 0 saturated carbocycles. The maximum Gasteiger partial charge on any atom is 0.233 e. The molecule has 19 heavy (non-hydrogen) atoms. The molecule has 0 aliphatic carbocycles. The topological polar surface area (TPSA) is 49.6 Å². The molecule has 0 unspecified atom stereocenters. The number of nitrogen functional groups attached to an aromatic ring is 1. The lowest BCUT2D eigenvalue weighted by molar-refractivity contribution is -0.129. The lowest BCUT2D eigenvalue weighted by atomic mass is 10.3. The maximum atomic E-state index is 12.1. The Kier molecular flexibility index (Phi) is 5.13. The number of carbonyl (C=O) groups is 1. The van der Waals surface area contributed by atoms with E-state index < -0.39 is 0 Å². The monoisotopic (exact) mass is 343 g/mol. The summed E-state index contributed by atoms with van der Waals surface area (Å²) in [4.78, 5) is 17.2. The zero-order valence-corrected chi connectivity index (χ0v) is 13.3. The number of hydrogen-bond donors (Lipinski definition) is 1. The van der Waals surface area contributed by atoms with Crippen molar-refractivity contribution in [2.45, 2.75) is 4.90 Å². The van der Waals surface area contributed by atoms with Crippen LogP contribution in [0.25, 0.3) is 0 Å². The van der Waals surface area contributed by atoms with Crippen LogP contribution < -0.4 is 5.73 Å². The molecule has 1 aromatic carbocycles. The van der Waals surface area contributed by atoms with E-state index in [9.17, 15) is 4.79 Å². The Bertz CT molecular complexity index is 461. The summed E-state index contributed by atoms with van der Waals surface area (Å²) in [5.41, 5.74) is 6.64. The third-order valence-corrected chi connectivity index (χ3v) is 4.75. The molecule has 1 aliphatic rings. The number of anilines is 1. The molecule has 0 spiro atoms. The molecule has 0 radical (unpaired) electrons. The van der Waals surface area contributed by atoms with E-state index in [2.05, 4.69) is 27.9 Å². The highest BCUT2D eigenvalue weighted by molar-refractivity contribution is 9.10. The minimum atomic E-state index is 0.195. The van der Waals surface area contributed by atoms with Crippen LogP contribution in [0.2, 0.25) is 0 Å². The van der Waals surface area contributed by atoms with E-state index >= 15 is 0 Å². The summed E-state index contributed by atoms with van der Waals surface area (Å²) in [6.07, 6.45) is 0. The quantitative estimate of drug-likeness (QED) is 0.672. The SMILES string of the molecule is CN1CCN(C(=O)CSc2ccc(Br)cc2N)CC1. The van der Waals surface area contributed by atoms with Crippen molar-refractivity contribution in [1.29, 1.82) is 0 Å². The number of halogens is 1. The van der Waals surface area contributed by atoms with Crippen LogP contribution in [-0.2, 0) is 4.79 Å². The molecule has 1 fully saturated rings. The summed E-state index contributed by atoms with van der Waals surface area (Å²) < 4.78 is 0.958. The second kappa shape index (κ2) is 6.63. The van der Waals surface area contributed by atoms with Crippen molar-refractivity contribution in [1.82, 2.24) is 9.80 Å². The molecule has 1 aliphatic heterocycles. The highest BCUT2D eigenvalue weighted by Crippen LogP contribution is 2.28. The smallest absolute Gasteiger partial charge is 0.233 e. The van der Waals surface area contributed by atoms with Gasteiger partial charge in [-0.25, -0.2) is 0 Å². The first-order valence-electron chi connectivity index (χ1n) is 6.20. The first kappa shape index (κ1) is 14.7. The second-order valence-corrected chi connectivity index (χ2v) is 6.59. The van der Waals surface area contributed by atoms with E-state index in [4.69, 9.17) is 5.73 Å². The van der Waals surface area contributed by atoms with Crippen LogP contribution in [0.5, 0.6) is 0 Å². The molecular formula is C13H18BrN3OS. The van der Waals surface area contributed by atoms with Gasteiger partial charge in [0.1, 0.15) is 0 Å². The minimum Gasteiger partial charge on any atom is -0.398 e. The number of thioether (sulfide) groups is 1. The van der Waals surface area contributed by atoms with Crippen LogP contribution in [0.3, 0.4) is 0 Å². The number of amides is 1. The normalized spacial score (nSPS) is 16.6. The summed E-state index contributed by atoms with van der Waals surface area (Å²) in [5.74, 6) is 0.649. The molecule has 104 valence electrons. The van der Waals surface area contributed by atoms with Crippen LogP contribution >= 0.6 is 27.7 Å². The van der Waals surface area contributed by atoms with Crippen molar-refractivity contribution in [3.8, 4) is 0 Å². The Morgan fingerprint density at radius 3 is 2.68 bits per heavy atom. The number of benzene rings is 1. The molecular weight excluding hydrogens is 326 g/mol. The number of nitrogens with two attached hydrogens (primary N) is 1. The van der Waals surface area contributed by atoms with E-state index in [0.717, 1.165) is 35.5 Å². The Labute approximate surface area is 126 Å². The molecule has 1 amide bonds. The van der Waals surface area contributed by atoms with Gasteiger partial charge in [-0.3, -0.25) is 4.79 Å². The van der Waals surface area contributed by atoms with Gasteiger partial charge in [-0.05, 0) is 25.2 Å². The van der Waals surface area contributed by atoms with Crippen molar-refractivity contribution in [2.75, 3.05) is 44.7 Å². The lowest BCUT2D eigenvalue weighted by Crippen LogP contribution is -2.47. The molecule has 2 N–H and O–H groups in total. The van der Waals surface area contributed by atoms with Crippen molar-refractivity contribution >= 4 is 39.3 Å². The van der Waals surface area contributed by atoms with Gasteiger partial charge in [0.25, 0.3) is 0 Å². The summed E-state index contributed by atoms with van der Waals surface area (Å²) in [6, 6.07) is 5.75. The van der Waals surface area contributed by atoms with Gasteiger partial charge in [-0.2, -0.15) is 0 Å². The Hall–Kier alpha value is -0.720. The van der Waals surface area contributed by atoms with E-state index in [-0.39, 0.29) is 5.91 Å². The van der Waals surface area contributed by atoms with Crippen LogP contribution in [0.4, 0.5) is 5.69 Å². The number of hydrogen-bond acceptors (Lipinski definition) is 4. The summed E-state index contributed by atoms with van der Waals surface area (Å²) >= 11 is 4.88. The highest BCUT2D eigenvalue weighted by atomic mass is 79.9. The van der Waals surface area contributed by atoms with Gasteiger partial charge in [0.05, 0.1) is 5.75 Å². The van der Waals surface area contributed by atoms with Crippen LogP contribution in [-0.4, -0.2) is 54.7 Å². The number of carbonyl (C=O) groups excluding carboxylic acids is 1. The molecule has 6 heteroatoms. The van der Waals surface area contributed by atoms with Gasteiger partial charge in [0, 0.05) is 41.2 Å². The molecule has 0 atom stereocenters. The van der Waals surface area contributed by atoms with Gasteiger partial charge >= 0.3 is 0 Å². The number of piperazine rings is 1. The van der Waals surface area contributed by atoms with Gasteiger partial charge in [0.15, 0.2) is 0 Å². The summed E-state index contributed by atoms with van der Waals surface area (Å²) in [5, 5.41) is 0. The Morgan fingerprint density at radius 2 is 2.05 bits per heavy atom. The molecule has 0 aromatic heterocycles. The Morgan fingerprint density at radius 1 is 1.37 bits per heavy atom. The van der Waals surface area contributed by atoms with Crippen molar-refractivity contribution in [3.05, 3.63) is 22.7 Å². The third kappa shape index (κ3) is 4.12. The lowest BCUT2D eigenvalue weighted by Gasteiger charge is -2.32. The largest absolute Gasteiger partial charge is 0.398 e. The highest BCUT2D eigenvalue weighted by Gasteiger charge is 2.19. The van der Waals surface area contributed by atoms with Gasteiger partial charge in [-0.1, -0.05) is 15.9 Å². The van der Waals surface area contributed by atoms with E-state index in [1.54, 1.807) is 0 Å². The van der Waals surface area contributed by atoms with Crippen molar-refractivity contribution in [2.24, 2.45) is 0 Å². The van der Waals surface area contributed by atoms with Crippen molar-refractivity contribution < 1.29 is 4.79 Å². The molecule has 1 saturated heterocycles. The fourth-order valence-corrected chi connectivity index (χ4v) is 3.17. The van der Waals surface area contributed by atoms with E-state index in [0.29, 0.717) is 11.4 Å². The fourth-order valence-electron chi connectivity index (χ4n) is 1.94. The minimum absolute atomic E-state index is 0.195. The maximum absolute atomic E-state index is 12.1. The second-order valence-electron chi connectivity index (χ2n) is 4.65. The van der Waals surface area contributed by atoms with E-state index in [1.807, 2.05) is 23.1 Å². The van der Waals surface area contributed by atoms with Crippen LogP contribution in [0, 0.1) is 0 Å². The number of rotatable bonds is 3. The molecule has 4 nitrogen and oxygen atoms in total. The van der Waals surface area contributed by atoms with Gasteiger partial charge in [-0.15, -0.1) is 11.8 Å². The molecule has 1 heterocycles. The van der Waals surface area contributed by atoms with Gasteiger partial charge < -0.3 is 15.5 Å². The fraction of sp³-hybridized carbons (Fsp3) is 0.462. The van der Waals surface area contributed by atoms with Crippen molar-refractivity contribution in [3.63, 3.8) is 0 Å². The first-order chi connectivity index (χ1) is 9.06. The average Bonchev–Trinajstić information content (AvgIpc) is 2.38. The first-order valence-corrected chi connectivity index (χ1v) is 7.98. The number of likely N-dealkylation sites (N-methyl/N-ethyl adjacent to an activating group) is 1. The molecule has 2 rings (SSSR count). The predicted molar refractivity (Wildman–Crippen MR) is 83.4 cm³/mol. The molecule has 1 aromatic rings. The zero-order valence-electron chi connectivity index (χ0n) is 10.9. The zero-order chi connectivity index (χ0) is 13.8. The van der Waals surface area contributed by atoms with E-state index in [1.165, 1.54) is 11.8 Å².